The summed E-state index contributed by atoms with van der Waals surface area (Å²) >= 11 is 14.3. The lowest BCUT2D eigenvalue weighted by atomic mass is 10.2. The Kier molecular flexibility index (Phi) is 7.19. The van der Waals surface area contributed by atoms with Crippen LogP contribution in [-0.4, -0.2) is 31.6 Å². The third-order valence-corrected chi connectivity index (χ3v) is 7.77. The van der Waals surface area contributed by atoms with Crippen LogP contribution < -0.4 is 10.6 Å². The average molecular weight is 555 g/mol. The number of hydrogen-bond acceptors (Lipinski definition) is 8. The number of benzene rings is 2. The van der Waals surface area contributed by atoms with Crippen LogP contribution in [0.4, 0.5) is 0 Å². The number of halogens is 2. The highest BCUT2D eigenvalue weighted by molar-refractivity contribution is 7.25. The summed E-state index contributed by atoms with van der Waals surface area (Å²) in [6.45, 7) is 0.647. The molecule has 0 radical (unpaired) electrons. The molecule has 12 heteroatoms. The van der Waals surface area contributed by atoms with E-state index in [0.717, 1.165) is 32.9 Å². The lowest BCUT2D eigenvalue weighted by Gasteiger charge is -2.05. The van der Waals surface area contributed by atoms with Gasteiger partial charge in [0.05, 0.1) is 15.8 Å². The summed E-state index contributed by atoms with van der Waals surface area (Å²) in [7, 11) is 0. The molecule has 0 aliphatic rings. The van der Waals surface area contributed by atoms with Crippen molar-refractivity contribution < 1.29 is 9.59 Å². The van der Waals surface area contributed by atoms with Crippen LogP contribution in [0.15, 0.2) is 60.8 Å². The third-order valence-electron chi connectivity index (χ3n) is 5.21. The normalized spacial score (nSPS) is 10.9. The van der Waals surface area contributed by atoms with E-state index in [1.165, 1.54) is 11.3 Å². The van der Waals surface area contributed by atoms with Gasteiger partial charge in [0.2, 0.25) is 0 Å². The standard InChI is InChI=1S/C24H16Cl2N6O2S2/c25-16-5-1-13(2-6-16)10-27-23(33)19-21-15(12-29-30-19)9-18(35-21)22-20(31-32-36-22)24(34)28-11-14-3-7-17(26)8-4-14/h1-9,12H,10-11H2,(H,27,33)(H,28,34). The lowest BCUT2D eigenvalue weighted by Crippen LogP contribution is -2.24. The quantitative estimate of drug-likeness (QED) is 0.279. The monoisotopic (exact) mass is 554 g/mol. The highest BCUT2D eigenvalue weighted by Gasteiger charge is 2.22. The number of nitrogens with zero attached hydrogens (tertiary/aromatic N) is 4. The molecule has 0 aliphatic heterocycles. The molecule has 2 N–H and O–H groups in total. The van der Waals surface area contributed by atoms with Gasteiger partial charge in [-0.15, -0.1) is 21.5 Å². The van der Waals surface area contributed by atoms with Crippen LogP contribution >= 0.6 is 46.1 Å². The summed E-state index contributed by atoms with van der Waals surface area (Å²) in [5, 5.41) is 19.8. The molecule has 180 valence electrons. The average Bonchev–Trinajstić information content (AvgIpc) is 3.55. The molecular formula is C24H16Cl2N6O2S2. The molecular weight excluding hydrogens is 539 g/mol. The third kappa shape index (κ3) is 5.36. The number of aromatic nitrogens is 4. The van der Waals surface area contributed by atoms with E-state index in [1.54, 1.807) is 30.5 Å². The maximum absolute atomic E-state index is 12.9. The Morgan fingerprint density at radius 1 is 0.806 bits per heavy atom. The Balaban J connectivity index is 1.34. The smallest absolute Gasteiger partial charge is 0.273 e. The van der Waals surface area contributed by atoms with Crippen molar-refractivity contribution >= 4 is 68.0 Å². The minimum Gasteiger partial charge on any atom is -0.347 e. The predicted octanol–water partition coefficient (Wildman–Crippen LogP) is 5.38. The molecule has 0 spiro atoms. The molecule has 0 saturated heterocycles. The summed E-state index contributed by atoms with van der Waals surface area (Å²) < 4.78 is 4.64. The zero-order valence-electron chi connectivity index (χ0n) is 18.4. The van der Waals surface area contributed by atoms with Crippen molar-refractivity contribution in [2.75, 3.05) is 0 Å². The van der Waals surface area contributed by atoms with Crippen molar-refractivity contribution in [3.8, 4) is 9.75 Å². The number of carbonyl (C=O) groups is 2. The van der Waals surface area contributed by atoms with Gasteiger partial charge in [-0.3, -0.25) is 9.59 Å². The van der Waals surface area contributed by atoms with Crippen molar-refractivity contribution in [1.29, 1.82) is 0 Å². The molecule has 3 heterocycles. The van der Waals surface area contributed by atoms with Gasteiger partial charge in [-0.2, -0.15) is 5.10 Å². The van der Waals surface area contributed by atoms with Gasteiger partial charge in [-0.05, 0) is 53.0 Å². The van der Waals surface area contributed by atoms with Gasteiger partial charge in [0.15, 0.2) is 11.4 Å². The molecule has 2 amide bonds. The molecule has 0 bridgehead atoms. The molecule has 8 nitrogen and oxygen atoms in total. The summed E-state index contributed by atoms with van der Waals surface area (Å²) in [6.07, 6.45) is 1.58. The first-order valence-corrected chi connectivity index (χ1v) is 13.0. The van der Waals surface area contributed by atoms with E-state index in [4.69, 9.17) is 23.2 Å². The van der Waals surface area contributed by atoms with Crippen LogP contribution in [0.5, 0.6) is 0 Å². The fourth-order valence-electron chi connectivity index (χ4n) is 3.38. The number of fused-ring (bicyclic) bond motifs is 1. The van der Waals surface area contributed by atoms with Crippen LogP contribution in [0.2, 0.25) is 10.0 Å². The van der Waals surface area contributed by atoms with E-state index < -0.39 is 0 Å². The first-order valence-electron chi connectivity index (χ1n) is 10.6. The maximum atomic E-state index is 12.9. The molecule has 0 fully saturated rings. The summed E-state index contributed by atoms with van der Waals surface area (Å²) in [5.74, 6) is -0.692. The van der Waals surface area contributed by atoms with Gasteiger partial charge in [-0.1, -0.05) is 52.0 Å². The Bertz CT molecular complexity index is 1550. The van der Waals surface area contributed by atoms with Gasteiger partial charge in [-0.25, -0.2) is 0 Å². The highest BCUT2D eigenvalue weighted by atomic mass is 35.5. The molecule has 5 rings (SSSR count). The van der Waals surface area contributed by atoms with Crippen molar-refractivity contribution in [3.63, 3.8) is 0 Å². The first-order chi connectivity index (χ1) is 17.5. The van der Waals surface area contributed by atoms with Gasteiger partial charge in [0.25, 0.3) is 11.8 Å². The molecule has 5 aromatic rings. The van der Waals surface area contributed by atoms with Gasteiger partial charge in [0.1, 0.15) is 0 Å². The number of amides is 2. The highest BCUT2D eigenvalue weighted by Crippen LogP contribution is 2.37. The van der Waals surface area contributed by atoms with E-state index in [0.29, 0.717) is 32.7 Å². The molecule has 0 saturated carbocycles. The zero-order chi connectivity index (χ0) is 25.1. The molecule has 3 aromatic heterocycles. The van der Waals surface area contributed by atoms with Crippen LogP contribution in [0.1, 0.15) is 32.1 Å². The predicted molar refractivity (Wildman–Crippen MR) is 142 cm³/mol. The second kappa shape index (κ2) is 10.7. The number of hydrogen-bond donors (Lipinski definition) is 2. The van der Waals surface area contributed by atoms with Crippen LogP contribution in [0.3, 0.4) is 0 Å². The van der Waals surface area contributed by atoms with E-state index >= 15 is 0 Å². The molecule has 0 aliphatic carbocycles. The number of carbonyl (C=O) groups excluding carboxylic acids is 2. The van der Waals surface area contributed by atoms with Gasteiger partial charge in [0, 0.05) is 33.4 Å². The zero-order valence-corrected chi connectivity index (χ0v) is 21.5. The summed E-state index contributed by atoms with van der Waals surface area (Å²) in [4.78, 5) is 27.1. The second-order valence-corrected chi connectivity index (χ2v) is 10.3. The number of rotatable bonds is 7. The molecule has 36 heavy (non-hydrogen) atoms. The Morgan fingerprint density at radius 3 is 2.00 bits per heavy atom. The Hall–Kier alpha value is -3.44. The van der Waals surface area contributed by atoms with Crippen molar-refractivity contribution in [2.24, 2.45) is 0 Å². The molecule has 0 atom stereocenters. The second-order valence-electron chi connectivity index (χ2n) is 7.66. The fraction of sp³-hybridized carbons (Fsp3) is 0.0833. The summed E-state index contributed by atoms with van der Waals surface area (Å²) in [6, 6.07) is 16.3. The van der Waals surface area contributed by atoms with Crippen molar-refractivity contribution in [2.45, 2.75) is 13.1 Å². The largest absolute Gasteiger partial charge is 0.347 e. The first kappa shape index (κ1) is 24.3. The van der Waals surface area contributed by atoms with Crippen LogP contribution in [0, 0.1) is 0 Å². The van der Waals surface area contributed by atoms with Crippen molar-refractivity contribution in [3.05, 3.63) is 93.4 Å². The SMILES string of the molecule is O=C(NCc1ccc(Cl)cc1)c1nnsc1-c1cc2cnnc(C(=O)NCc3ccc(Cl)cc3)c2s1. The number of nitrogens with one attached hydrogen (secondary N) is 2. The van der Waals surface area contributed by atoms with E-state index in [9.17, 15) is 9.59 Å². The molecule has 0 unspecified atom stereocenters. The lowest BCUT2D eigenvalue weighted by molar-refractivity contribution is 0.0938. The minimum absolute atomic E-state index is 0.212. The number of thiophene rings is 1. The fourth-order valence-corrected chi connectivity index (χ4v) is 5.49. The van der Waals surface area contributed by atoms with E-state index in [1.807, 2.05) is 30.3 Å². The summed E-state index contributed by atoms with van der Waals surface area (Å²) in [5.41, 5.74) is 2.25. The van der Waals surface area contributed by atoms with Gasteiger partial charge >= 0.3 is 0 Å². The minimum atomic E-state index is -0.347. The van der Waals surface area contributed by atoms with Crippen LogP contribution in [0.25, 0.3) is 19.8 Å². The Morgan fingerprint density at radius 2 is 1.39 bits per heavy atom. The Labute approximate surface area is 223 Å². The van der Waals surface area contributed by atoms with E-state index in [2.05, 4.69) is 30.4 Å². The van der Waals surface area contributed by atoms with E-state index in [-0.39, 0.29) is 23.2 Å². The maximum Gasteiger partial charge on any atom is 0.273 e. The van der Waals surface area contributed by atoms with Crippen LogP contribution in [-0.2, 0) is 13.1 Å². The topological polar surface area (TPSA) is 110 Å². The van der Waals surface area contributed by atoms with Crippen molar-refractivity contribution in [1.82, 2.24) is 30.4 Å². The molecule has 2 aromatic carbocycles. The van der Waals surface area contributed by atoms with Gasteiger partial charge < -0.3 is 10.6 Å².